The second-order valence-corrected chi connectivity index (χ2v) is 5.03. The van der Waals surface area contributed by atoms with Crippen molar-refractivity contribution < 1.29 is 4.79 Å². The first kappa shape index (κ1) is 11.2. The topological polar surface area (TPSA) is 20.3 Å². The smallest absolute Gasteiger partial charge is 0.263 e. The van der Waals surface area contributed by atoms with Crippen molar-refractivity contribution >= 4 is 33.2 Å². The van der Waals surface area contributed by atoms with Crippen LogP contribution in [0.4, 0.5) is 5.69 Å². The van der Waals surface area contributed by atoms with Crippen molar-refractivity contribution in [1.29, 1.82) is 0 Å². The number of halogens is 1. The van der Waals surface area contributed by atoms with Gasteiger partial charge in [0, 0.05) is 15.6 Å². The van der Waals surface area contributed by atoms with E-state index in [4.69, 9.17) is 0 Å². The lowest BCUT2D eigenvalue weighted by atomic mass is 10.1. The molecule has 0 N–H and O–H groups in total. The van der Waals surface area contributed by atoms with Crippen LogP contribution in [0.5, 0.6) is 0 Å². The third kappa shape index (κ3) is 1.59. The first-order chi connectivity index (χ1) is 8.68. The zero-order chi connectivity index (χ0) is 12.7. The molecular formula is C15H10BrNO. The van der Waals surface area contributed by atoms with Crippen molar-refractivity contribution in [3.63, 3.8) is 0 Å². The summed E-state index contributed by atoms with van der Waals surface area (Å²) in [5, 5.41) is 0. The summed E-state index contributed by atoms with van der Waals surface area (Å²) in [7, 11) is 0. The van der Waals surface area contributed by atoms with E-state index in [1.165, 1.54) is 0 Å². The van der Waals surface area contributed by atoms with Crippen LogP contribution in [0.25, 0.3) is 5.70 Å². The zero-order valence-corrected chi connectivity index (χ0v) is 11.1. The fourth-order valence-electron chi connectivity index (χ4n) is 2.17. The SMILES string of the molecule is C=C1c2ccccc2C(=O)N1c1cccc(Br)c1. The number of benzene rings is 2. The van der Waals surface area contributed by atoms with Crippen LogP contribution >= 0.6 is 15.9 Å². The molecule has 1 aliphatic heterocycles. The minimum Gasteiger partial charge on any atom is -0.277 e. The standard InChI is InChI=1S/C15H10BrNO/c1-10-13-7-2-3-8-14(13)15(18)17(10)12-6-4-5-11(16)9-12/h2-9H,1H2. The molecule has 2 aromatic rings. The van der Waals surface area contributed by atoms with E-state index in [2.05, 4.69) is 22.5 Å². The first-order valence-electron chi connectivity index (χ1n) is 5.57. The van der Waals surface area contributed by atoms with Gasteiger partial charge in [-0.15, -0.1) is 0 Å². The minimum atomic E-state index is -0.0197. The van der Waals surface area contributed by atoms with Gasteiger partial charge in [0.1, 0.15) is 0 Å². The van der Waals surface area contributed by atoms with Crippen LogP contribution in [0.2, 0.25) is 0 Å². The van der Waals surface area contributed by atoms with Gasteiger partial charge < -0.3 is 0 Å². The van der Waals surface area contributed by atoms with E-state index >= 15 is 0 Å². The van der Waals surface area contributed by atoms with E-state index in [9.17, 15) is 4.79 Å². The van der Waals surface area contributed by atoms with Crippen molar-refractivity contribution in [1.82, 2.24) is 0 Å². The fourth-order valence-corrected chi connectivity index (χ4v) is 2.56. The third-order valence-electron chi connectivity index (χ3n) is 3.01. The van der Waals surface area contributed by atoms with Gasteiger partial charge in [-0.2, -0.15) is 0 Å². The highest BCUT2D eigenvalue weighted by molar-refractivity contribution is 9.10. The van der Waals surface area contributed by atoms with E-state index < -0.39 is 0 Å². The highest BCUT2D eigenvalue weighted by Gasteiger charge is 2.31. The number of fused-ring (bicyclic) bond motifs is 1. The number of amides is 1. The molecule has 0 aliphatic carbocycles. The molecule has 0 unspecified atom stereocenters. The summed E-state index contributed by atoms with van der Waals surface area (Å²) in [6.45, 7) is 4.02. The summed E-state index contributed by atoms with van der Waals surface area (Å²) < 4.78 is 0.941. The molecule has 0 fully saturated rings. The Labute approximate surface area is 114 Å². The Hall–Kier alpha value is -1.87. The largest absolute Gasteiger partial charge is 0.277 e. The Kier molecular flexibility index (Phi) is 2.56. The zero-order valence-electron chi connectivity index (χ0n) is 9.56. The van der Waals surface area contributed by atoms with Gasteiger partial charge in [0.25, 0.3) is 5.91 Å². The molecule has 0 radical (unpaired) electrons. The molecule has 18 heavy (non-hydrogen) atoms. The molecule has 0 atom stereocenters. The van der Waals surface area contributed by atoms with E-state index in [1.807, 2.05) is 48.5 Å². The highest BCUT2D eigenvalue weighted by atomic mass is 79.9. The minimum absolute atomic E-state index is 0.0197. The number of rotatable bonds is 1. The van der Waals surface area contributed by atoms with Crippen molar-refractivity contribution in [3.8, 4) is 0 Å². The number of hydrogen-bond donors (Lipinski definition) is 0. The molecule has 2 aromatic carbocycles. The second kappa shape index (κ2) is 4.10. The molecule has 3 heteroatoms. The van der Waals surface area contributed by atoms with Crippen LogP contribution in [-0.4, -0.2) is 5.91 Å². The van der Waals surface area contributed by atoms with Crippen LogP contribution in [0.3, 0.4) is 0 Å². The molecule has 3 rings (SSSR count). The molecule has 1 aliphatic rings. The molecule has 0 bridgehead atoms. The molecular weight excluding hydrogens is 290 g/mol. The summed E-state index contributed by atoms with van der Waals surface area (Å²) in [6, 6.07) is 15.2. The summed E-state index contributed by atoms with van der Waals surface area (Å²) in [6.07, 6.45) is 0. The average Bonchev–Trinajstić information content (AvgIpc) is 2.63. The van der Waals surface area contributed by atoms with E-state index in [-0.39, 0.29) is 5.91 Å². The van der Waals surface area contributed by atoms with Crippen molar-refractivity contribution in [2.24, 2.45) is 0 Å². The van der Waals surface area contributed by atoms with Gasteiger partial charge >= 0.3 is 0 Å². The molecule has 0 aromatic heterocycles. The summed E-state index contributed by atoms with van der Waals surface area (Å²) in [4.78, 5) is 14.0. The molecule has 88 valence electrons. The Morgan fingerprint density at radius 3 is 2.39 bits per heavy atom. The number of carbonyl (C=O) groups is 1. The average molecular weight is 300 g/mol. The van der Waals surface area contributed by atoms with Gasteiger partial charge in [0.15, 0.2) is 0 Å². The molecule has 0 saturated heterocycles. The maximum atomic E-state index is 12.4. The lowest BCUT2D eigenvalue weighted by Crippen LogP contribution is -2.21. The molecule has 1 heterocycles. The Bertz CT molecular complexity index is 628. The van der Waals surface area contributed by atoms with Crippen molar-refractivity contribution in [2.75, 3.05) is 4.90 Å². The van der Waals surface area contributed by atoms with Gasteiger partial charge in [-0.1, -0.05) is 46.8 Å². The van der Waals surface area contributed by atoms with Crippen LogP contribution < -0.4 is 4.90 Å². The van der Waals surface area contributed by atoms with Crippen LogP contribution in [0.1, 0.15) is 15.9 Å². The molecule has 2 nitrogen and oxygen atoms in total. The van der Waals surface area contributed by atoms with Gasteiger partial charge in [-0.05, 0) is 24.3 Å². The predicted molar refractivity (Wildman–Crippen MR) is 76.4 cm³/mol. The number of anilines is 1. The summed E-state index contributed by atoms with van der Waals surface area (Å²) in [5.74, 6) is -0.0197. The maximum absolute atomic E-state index is 12.4. The monoisotopic (exact) mass is 299 g/mol. The third-order valence-corrected chi connectivity index (χ3v) is 3.50. The van der Waals surface area contributed by atoms with Crippen LogP contribution in [0.15, 0.2) is 59.6 Å². The summed E-state index contributed by atoms with van der Waals surface area (Å²) >= 11 is 3.42. The van der Waals surface area contributed by atoms with Gasteiger partial charge in [0.2, 0.25) is 0 Å². The Morgan fingerprint density at radius 1 is 1.00 bits per heavy atom. The number of nitrogens with zero attached hydrogens (tertiary/aromatic N) is 1. The van der Waals surface area contributed by atoms with Gasteiger partial charge in [0.05, 0.1) is 11.4 Å². The van der Waals surface area contributed by atoms with Crippen molar-refractivity contribution in [3.05, 3.63) is 70.7 Å². The van der Waals surface area contributed by atoms with E-state index in [0.29, 0.717) is 5.56 Å². The lowest BCUT2D eigenvalue weighted by molar-refractivity contribution is 0.101. The van der Waals surface area contributed by atoms with Gasteiger partial charge in [-0.3, -0.25) is 9.69 Å². The van der Waals surface area contributed by atoms with E-state index in [0.717, 1.165) is 21.4 Å². The first-order valence-corrected chi connectivity index (χ1v) is 6.36. The fraction of sp³-hybridized carbons (Fsp3) is 0. The molecule has 0 spiro atoms. The molecule has 0 saturated carbocycles. The lowest BCUT2D eigenvalue weighted by Gasteiger charge is -2.17. The Balaban J connectivity index is 2.12. The Morgan fingerprint density at radius 2 is 1.72 bits per heavy atom. The number of carbonyl (C=O) groups excluding carboxylic acids is 1. The number of hydrogen-bond acceptors (Lipinski definition) is 1. The quantitative estimate of drug-likeness (QED) is 0.777. The van der Waals surface area contributed by atoms with E-state index in [1.54, 1.807) is 4.90 Å². The normalized spacial score (nSPS) is 13.9. The predicted octanol–water partition coefficient (Wildman–Crippen LogP) is 4.08. The van der Waals surface area contributed by atoms with Crippen LogP contribution in [0, 0.1) is 0 Å². The van der Waals surface area contributed by atoms with Crippen molar-refractivity contribution in [2.45, 2.75) is 0 Å². The highest BCUT2D eigenvalue weighted by Crippen LogP contribution is 2.36. The maximum Gasteiger partial charge on any atom is 0.263 e. The summed E-state index contributed by atoms with van der Waals surface area (Å²) in [5.41, 5.74) is 3.18. The second-order valence-electron chi connectivity index (χ2n) is 4.11. The molecule has 1 amide bonds. The van der Waals surface area contributed by atoms with Gasteiger partial charge in [-0.25, -0.2) is 0 Å². The van der Waals surface area contributed by atoms with Crippen LogP contribution in [-0.2, 0) is 0 Å².